The van der Waals surface area contributed by atoms with Crippen LogP contribution >= 0.6 is 0 Å². The molecule has 0 amide bonds. The molecule has 66 valence electrons. The molecular formula is C8H13N3O. The largest absolute Gasteiger partial charge is 0.459 e. The second kappa shape index (κ2) is 4.01. The molecule has 4 nitrogen and oxygen atoms in total. The van der Waals surface area contributed by atoms with E-state index in [-0.39, 0.29) is 6.10 Å². The molecule has 2 N–H and O–H groups in total. The van der Waals surface area contributed by atoms with Gasteiger partial charge in [0.25, 0.3) is 0 Å². The lowest BCUT2D eigenvalue weighted by atomic mass is 10.4. The summed E-state index contributed by atoms with van der Waals surface area (Å²) in [5.41, 5.74) is 6.39. The van der Waals surface area contributed by atoms with E-state index in [4.69, 9.17) is 10.5 Å². The molecule has 0 aliphatic rings. The molecule has 1 heterocycles. The van der Waals surface area contributed by atoms with Gasteiger partial charge in [0.05, 0.1) is 0 Å². The number of aromatic nitrogens is 2. The highest BCUT2D eigenvalue weighted by Gasteiger charge is 2.02. The van der Waals surface area contributed by atoms with Crippen molar-refractivity contribution in [2.45, 2.75) is 20.0 Å². The number of ether oxygens (including phenoxy) is 1. The molecule has 12 heavy (non-hydrogen) atoms. The molecule has 0 aliphatic carbocycles. The maximum atomic E-state index is 5.37. The normalized spacial score (nSPS) is 12.6. The lowest BCUT2D eigenvalue weighted by molar-refractivity contribution is 0.210. The second-order valence-corrected chi connectivity index (χ2v) is 2.71. The Kier molecular flexibility index (Phi) is 2.99. The third kappa shape index (κ3) is 2.47. The summed E-state index contributed by atoms with van der Waals surface area (Å²) < 4.78 is 5.27. The number of nitrogens with zero attached hydrogens (tertiary/aromatic N) is 2. The van der Waals surface area contributed by atoms with Gasteiger partial charge in [-0.05, 0) is 19.4 Å². The maximum Gasteiger partial charge on any atom is 0.316 e. The van der Waals surface area contributed by atoms with E-state index in [1.165, 1.54) is 0 Å². The van der Waals surface area contributed by atoms with Crippen LogP contribution in [0.5, 0.6) is 6.01 Å². The molecule has 1 aromatic heterocycles. The van der Waals surface area contributed by atoms with Crippen molar-refractivity contribution in [1.29, 1.82) is 0 Å². The zero-order valence-electron chi connectivity index (χ0n) is 7.32. The van der Waals surface area contributed by atoms with E-state index >= 15 is 0 Å². The predicted octanol–water partition coefficient (Wildman–Crippen LogP) is 0.511. The van der Waals surface area contributed by atoms with Crippen molar-refractivity contribution < 1.29 is 4.74 Å². The first-order chi connectivity index (χ1) is 5.72. The highest BCUT2D eigenvalue weighted by atomic mass is 16.5. The van der Waals surface area contributed by atoms with Crippen LogP contribution in [0.2, 0.25) is 0 Å². The zero-order chi connectivity index (χ0) is 8.97. The Bertz CT molecular complexity index is 235. The van der Waals surface area contributed by atoms with Gasteiger partial charge in [-0.2, -0.15) is 0 Å². The van der Waals surface area contributed by atoms with E-state index in [0.29, 0.717) is 12.6 Å². The van der Waals surface area contributed by atoms with Crippen LogP contribution in [0.15, 0.2) is 12.4 Å². The Balaban J connectivity index is 2.58. The number of nitrogens with two attached hydrogens (primary N) is 1. The van der Waals surface area contributed by atoms with Gasteiger partial charge in [0.15, 0.2) is 0 Å². The van der Waals surface area contributed by atoms with Crippen LogP contribution in [0.4, 0.5) is 0 Å². The van der Waals surface area contributed by atoms with Crippen LogP contribution in [-0.2, 0) is 0 Å². The molecule has 0 aliphatic heterocycles. The standard InChI is InChI=1S/C8H13N3O/c1-6-4-10-8(11-5-6)12-7(2)3-9/h4-5,7H,3,9H2,1-2H3. The molecule has 1 unspecified atom stereocenters. The van der Waals surface area contributed by atoms with Crippen molar-refractivity contribution in [1.82, 2.24) is 9.97 Å². The summed E-state index contributed by atoms with van der Waals surface area (Å²) >= 11 is 0. The Labute approximate surface area is 71.8 Å². The van der Waals surface area contributed by atoms with Gasteiger partial charge >= 0.3 is 6.01 Å². The predicted molar refractivity (Wildman–Crippen MR) is 45.9 cm³/mol. The molecule has 0 saturated carbocycles. The van der Waals surface area contributed by atoms with Gasteiger partial charge in [-0.1, -0.05) is 0 Å². The maximum absolute atomic E-state index is 5.37. The van der Waals surface area contributed by atoms with E-state index in [1.807, 2.05) is 13.8 Å². The van der Waals surface area contributed by atoms with E-state index < -0.39 is 0 Å². The minimum Gasteiger partial charge on any atom is -0.459 e. The number of hydrogen-bond acceptors (Lipinski definition) is 4. The van der Waals surface area contributed by atoms with Crippen LogP contribution < -0.4 is 10.5 Å². The first-order valence-electron chi connectivity index (χ1n) is 3.87. The highest BCUT2D eigenvalue weighted by molar-refractivity contribution is 5.04. The van der Waals surface area contributed by atoms with Gasteiger partial charge in [0, 0.05) is 18.9 Å². The Hall–Kier alpha value is -1.16. The molecule has 0 aromatic carbocycles. The van der Waals surface area contributed by atoms with Crippen molar-refractivity contribution in [3.8, 4) is 6.01 Å². The SMILES string of the molecule is Cc1cnc(OC(C)CN)nc1. The van der Waals surface area contributed by atoms with Crippen LogP contribution in [0.25, 0.3) is 0 Å². The van der Waals surface area contributed by atoms with Crippen LogP contribution in [0, 0.1) is 6.92 Å². The van der Waals surface area contributed by atoms with Crippen LogP contribution in [0.3, 0.4) is 0 Å². The molecule has 0 radical (unpaired) electrons. The van der Waals surface area contributed by atoms with E-state index in [0.717, 1.165) is 5.56 Å². The lowest BCUT2D eigenvalue weighted by Crippen LogP contribution is -2.23. The van der Waals surface area contributed by atoms with Crippen LogP contribution in [-0.4, -0.2) is 22.6 Å². The van der Waals surface area contributed by atoms with Crippen molar-refractivity contribution in [2.24, 2.45) is 5.73 Å². The fraction of sp³-hybridized carbons (Fsp3) is 0.500. The third-order valence-corrected chi connectivity index (χ3v) is 1.40. The summed E-state index contributed by atoms with van der Waals surface area (Å²) in [5.74, 6) is 0. The lowest BCUT2D eigenvalue weighted by Gasteiger charge is -2.09. The number of rotatable bonds is 3. The molecule has 1 aromatic rings. The quantitative estimate of drug-likeness (QED) is 0.712. The van der Waals surface area contributed by atoms with Crippen molar-refractivity contribution in [3.05, 3.63) is 18.0 Å². The van der Waals surface area contributed by atoms with Gasteiger partial charge in [0.1, 0.15) is 6.10 Å². The van der Waals surface area contributed by atoms with Crippen molar-refractivity contribution >= 4 is 0 Å². The Morgan fingerprint density at radius 3 is 2.58 bits per heavy atom. The van der Waals surface area contributed by atoms with Gasteiger partial charge in [-0.15, -0.1) is 0 Å². The smallest absolute Gasteiger partial charge is 0.316 e. The first kappa shape index (κ1) is 8.93. The van der Waals surface area contributed by atoms with Crippen molar-refractivity contribution in [3.63, 3.8) is 0 Å². The fourth-order valence-corrected chi connectivity index (χ4v) is 0.670. The summed E-state index contributed by atoms with van der Waals surface area (Å²) in [6.07, 6.45) is 3.39. The molecule has 0 saturated heterocycles. The molecule has 1 atom stereocenters. The average molecular weight is 167 g/mol. The summed E-state index contributed by atoms with van der Waals surface area (Å²) in [7, 11) is 0. The summed E-state index contributed by atoms with van der Waals surface area (Å²) in [4.78, 5) is 7.95. The van der Waals surface area contributed by atoms with Gasteiger partial charge in [-0.3, -0.25) is 0 Å². The first-order valence-corrected chi connectivity index (χ1v) is 3.87. The minimum absolute atomic E-state index is 0.0345. The Morgan fingerprint density at radius 1 is 1.50 bits per heavy atom. The molecule has 1 rings (SSSR count). The van der Waals surface area contributed by atoms with Gasteiger partial charge in [0.2, 0.25) is 0 Å². The zero-order valence-corrected chi connectivity index (χ0v) is 7.32. The highest BCUT2D eigenvalue weighted by Crippen LogP contribution is 2.02. The average Bonchev–Trinajstić information content (AvgIpc) is 2.09. The summed E-state index contributed by atoms with van der Waals surface area (Å²) in [6, 6.07) is 0.388. The molecule has 0 fully saturated rings. The van der Waals surface area contributed by atoms with E-state index in [9.17, 15) is 0 Å². The summed E-state index contributed by atoms with van der Waals surface area (Å²) in [5, 5.41) is 0. The molecular weight excluding hydrogens is 154 g/mol. The monoisotopic (exact) mass is 167 g/mol. The molecule has 0 spiro atoms. The Morgan fingerprint density at radius 2 is 2.08 bits per heavy atom. The third-order valence-electron chi connectivity index (χ3n) is 1.40. The topological polar surface area (TPSA) is 61.0 Å². The summed E-state index contributed by atoms with van der Waals surface area (Å²) in [6.45, 7) is 4.27. The minimum atomic E-state index is -0.0345. The van der Waals surface area contributed by atoms with Gasteiger partial charge in [-0.25, -0.2) is 9.97 Å². The number of aryl methyl sites for hydroxylation is 1. The van der Waals surface area contributed by atoms with E-state index in [2.05, 4.69) is 9.97 Å². The van der Waals surface area contributed by atoms with Gasteiger partial charge < -0.3 is 10.5 Å². The van der Waals surface area contributed by atoms with E-state index in [1.54, 1.807) is 12.4 Å². The van der Waals surface area contributed by atoms with Crippen molar-refractivity contribution in [2.75, 3.05) is 6.54 Å². The second-order valence-electron chi connectivity index (χ2n) is 2.71. The number of hydrogen-bond donors (Lipinski definition) is 1. The molecule has 4 heteroatoms. The fourth-order valence-electron chi connectivity index (χ4n) is 0.670. The van der Waals surface area contributed by atoms with Crippen LogP contribution in [0.1, 0.15) is 12.5 Å². The molecule has 0 bridgehead atoms.